The summed E-state index contributed by atoms with van der Waals surface area (Å²) in [7, 11) is 0. The average Bonchev–Trinajstić information content (AvgIpc) is 2.77. The lowest BCUT2D eigenvalue weighted by Crippen LogP contribution is -2.43. The molecule has 0 spiro atoms. The zero-order valence-corrected chi connectivity index (χ0v) is 20.7. The van der Waals surface area contributed by atoms with E-state index in [1.165, 1.54) is 83.5 Å². The van der Waals surface area contributed by atoms with Gasteiger partial charge in [0.1, 0.15) is 6.10 Å². The normalized spacial score (nSPS) is 12.9. The molecule has 0 heterocycles. The maximum absolute atomic E-state index is 9.76. The van der Waals surface area contributed by atoms with Crippen LogP contribution < -0.4 is 0 Å². The van der Waals surface area contributed by atoms with E-state index < -0.39 is 5.60 Å². The van der Waals surface area contributed by atoms with Gasteiger partial charge in [-0.25, -0.2) is 0 Å². The second kappa shape index (κ2) is 18.7. The highest BCUT2D eigenvalue weighted by Gasteiger charge is 2.30. The van der Waals surface area contributed by atoms with E-state index in [1.807, 2.05) is 44.2 Å². The summed E-state index contributed by atoms with van der Waals surface area (Å²) >= 11 is 0. The summed E-state index contributed by atoms with van der Waals surface area (Å²) in [5.74, 6) is 0. The molecule has 0 amide bonds. The van der Waals surface area contributed by atoms with Gasteiger partial charge in [0.25, 0.3) is 0 Å². The molecule has 0 fully saturated rings. The molecule has 0 bridgehead atoms. The van der Waals surface area contributed by atoms with Crippen molar-refractivity contribution in [2.75, 3.05) is 13.2 Å². The first kappa shape index (κ1) is 28.1. The van der Waals surface area contributed by atoms with E-state index in [4.69, 9.17) is 9.47 Å². The van der Waals surface area contributed by atoms with Gasteiger partial charge in [0.15, 0.2) is 0 Å². The van der Waals surface area contributed by atoms with Crippen molar-refractivity contribution < 1.29 is 14.6 Å². The number of ether oxygens (including phenoxy) is 2. The van der Waals surface area contributed by atoms with E-state index in [0.717, 1.165) is 18.6 Å². The Morgan fingerprint density at radius 1 is 0.742 bits per heavy atom. The number of hydrogen-bond acceptors (Lipinski definition) is 3. The molecule has 1 aromatic rings. The predicted molar refractivity (Wildman–Crippen MR) is 132 cm³/mol. The molecule has 3 heteroatoms. The van der Waals surface area contributed by atoms with E-state index in [1.54, 1.807) is 0 Å². The molecule has 1 N–H and O–H groups in total. The summed E-state index contributed by atoms with van der Waals surface area (Å²) < 4.78 is 12.0. The fourth-order valence-electron chi connectivity index (χ4n) is 3.97. The van der Waals surface area contributed by atoms with Crippen molar-refractivity contribution in [1.29, 1.82) is 0 Å². The third-order valence-electron chi connectivity index (χ3n) is 6.21. The Labute approximate surface area is 192 Å². The molecule has 1 atom stereocenters. The highest BCUT2D eigenvalue weighted by atomic mass is 16.6. The van der Waals surface area contributed by atoms with Crippen molar-refractivity contribution in [2.24, 2.45) is 0 Å². The molecule has 0 aliphatic heterocycles. The van der Waals surface area contributed by atoms with Crippen molar-refractivity contribution in [2.45, 2.75) is 129 Å². The molecule has 0 saturated heterocycles. The van der Waals surface area contributed by atoms with Gasteiger partial charge < -0.3 is 14.6 Å². The zero-order chi connectivity index (χ0) is 22.6. The van der Waals surface area contributed by atoms with Gasteiger partial charge in [-0.15, -0.1) is 0 Å². The van der Waals surface area contributed by atoms with Crippen LogP contribution in [0.3, 0.4) is 0 Å². The first-order valence-corrected chi connectivity index (χ1v) is 13.0. The SMILES string of the molecule is CCCCCCCCCCCCCCCCOC(C)(C)C(CO)OCc1ccccc1. The van der Waals surface area contributed by atoms with Crippen LogP contribution in [0.15, 0.2) is 30.3 Å². The van der Waals surface area contributed by atoms with Gasteiger partial charge in [0.2, 0.25) is 0 Å². The fourth-order valence-corrected chi connectivity index (χ4v) is 3.97. The lowest BCUT2D eigenvalue weighted by atomic mass is 10.0. The number of aliphatic hydroxyl groups is 1. The Balaban J connectivity index is 1.98. The Kier molecular flexibility index (Phi) is 16.9. The Morgan fingerprint density at radius 2 is 1.23 bits per heavy atom. The molecular weight excluding hydrogens is 384 g/mol. The molecule has 180 valence electrons. The van der Waals surface area contributed by atoms with Crippen LogP contribution in [0.4, 0.5) is 0 Å². The van der Waals surface area contributed by atoms with Gasteiger partial charge in [-0.3, -0.25) is 0 Å². The van der Waals surface area contributed by atoms with Crippen molar-refractivity contribution in [3.05, 3.63) is 35.9 Å². The molecule has 0 saturated carbocycles. The molecular formula is C28H50O3. The summed E-state index contributed by atoms with van der Waals surface area (Å²) in [4.78, 5) is 0. The summed E-state index contributed by atoms with van der Waals surface area (Å²) in [5, 5.41) is 9.76. The van der Waals surface area contributed by atoms with Crippen molar-refractivity contribution in [3.8, 4) is 0 Å². The van der Waals surface area contributed by atoms with Gasteiger partial charge in [0.05, 0.1) is 18.8 Å². The van der Waals surface area contributed by atoms with Crippen LogP contribution in [0, 0.1) is 0 Å². The second-order valence-electron chi connectivity index (χ2n) is 9.52. The molecule has 0 aromatic heterocycles. The summed E-state index contributed by atoms with van der Waals surface area (Å²) in [6.45, 7) is 7.52. The molecule has 1 rings (SSSR count). The molecule has 1 aromatic carbocycles. The lowest BCUT2D eigenvalue weighted by molar-refractivity contribution is -0.146. The summed E-state index contributed by atoms with van der Waals surface area (Å²) in [6, 6.07) is 10.1. The monoisotopic (exact) mass is 434 g/mol. The summed E-state index contributed by atoms with van der Waals surface area (Å²) in [6.07, 6.45) is 18.7. The maximum atomic E-state index is 9.76. The highest BCUT2D eigenvalue weighted by Crippen LogP contribution is 2.20. The third kappa shape index (κ3) is 14.7. The van der Waals surface area contributed by atoms with Gasteiger partial charge >= 0.3 is 0 Å². The number of rotatable bonds is 21. The van der Waals surface area contributed by atoms with Gasteiger partial charge in [0, 0.05) is 6.61 Å². The topological polar surface area (TPSA) is 38.7 Å². The van der Waals surface area contributed by atoms with Crippen molar-refractivity contribution >= 4 is 0 Å². The van der Waals surface area contributed by atoms with Crippen LogP contribution in [-0.2, 0) is 16.1 Å². The molecule has 0 aliphatic rings. The molecule has 1 unspecified atom stereocenters. The van der Waals surface area contributed by atoms with Crippen LogP contribution in [-0.4, -0.2) is 30.0 Å². The molecule has 31 heavy (non-hydrogen) atoms. The van der Waals surface area contributed by atoms with E-state index in [0.29, 0.717) is 6.61 Å². The number of hydrogen-bond donors (Lipinski definition) is 1. The van der Waals surface area contributed by atoms with Gasteiger partial charge in [-0.2, -0.15) is 0 Å². The first-order chi connectivity index (χ1) is 15.1. The van der Waals surface area contributed by atoms with Gasteiger partial charge in [-0.1, -0.05) is 121 Å². The smallest absolute Gasteiger partial charge is 0.109 e. The lowest BCUT2D eigenvalue weighted by Gasteiger charge is -2.33. The predicted octanol–water partition coefficient (Wildman–Crippen LogP) is 7.84. The Morgan fingerprint density at radius 3 is 1.71 bits per heavy atom. The molecule has 3 nitrogen and oxygen atoms in total. The first-order valence-electron chi connectivity index (χ1n) is 13.0. The van der Waals surface area contributed by atoms with Crippen molar-refractivity contribution in [1.82, 2.24) is 0 Å². The highest BCUT2D eigenvalue weighted by molar-refractivity contribution is 5.13. The fraction of sp³-hybridized carbons (Fsp3) is 0.786. The van der Waals surface area contributed by atoms with Crippen LogP contribution in [0.2, 0.25) is 0 Å². The van der Waals surface area contributed by atoms with E-state index in [2.05, 4.69) is 6.92 Å². The average molecular weight is 435 g/mol. The number of benzene rings is 1. The maximum Gasteiger partial charge on any atom is 0.109 e. The van der Waals surface area contributed by atoms with Crippen LogP contribution in [0.5, 0.6) is 0 Å². The number of unbranched alkanes of at least 4 members (excludes halogenated alkanes) is 13. The number of aliphatic hydroxyl groups excluding tert-OH is 1. The van der Waals surface area contributed by atoms with E-state index in [-0.39, 0.29) is 12.7 Å². The third-order valence-corrected chi connectivity index (χ3v) is 6.21. The van der Waals surface area contributed by atoms with Crippen molar-refractivity contribution in [3.63, 3.8) is 0 Å². The largest absolute Gasteiger partial charge is 0.394 e. The minimum Gasteiger partial charge on any atom is -0.394 e. The summed E-state index contributed by atoms with van der Waals surface area (Å²) in [5.41, 5.74) is 0.629. The van der Waals surface area contributed by atoms with Crippen LogP contribution in [0.25, 0.3) is 0 Å². The van der Waals surface area contributed by atoms with E-state index in [9.17, 15) is 5.11 Å². The van der Waals surface area contributed by atoms with Crippen LogP contribution in [0.1, 0.15) is 116 Å². The zero-order valence-electron chi connectivity index (χ0n) is 20.7. The second-order valence-corrected chi connectivity index (χ2v) is 9.52. The minimum atomic E-state index is -0.486. The van der Waals surface area contributed by atoms with Gasteiger partial charge in [-0.05, 0) is 25.8 Å². The molecule has 0 aliphatic carbocycles. The van der Waals surface area contributed by atoms with Crippen LogP contribution >= 0.6 is 0 Å². The standard InChI is InChI=1S/C28H50O3/c1-4-5-6-7-8-9-10-11-12-13-14-15-16-20-23-31-28(2,3)27(24-29)30-25-26-21-18-17-19-22-26/h17-19,21-22,27,29H,4-16,20,23-25H2,1-3H3. The Bertz CT molecular complexity index is 500. The minimum absolute atomic E-state index is 0.0292. The van der Waals surface area contributed by atoms with E-state index >= 15 is 0 Å². The Hall–Kier alpha value is -0.900. The molecule has 0 radical (unpaired) electrons. The quantitative estimate of drug-likeness (QED) is 0.200.